The number of primary sulfonamides is 2. The van der Waals surface area contributed by atoms with Crippen LogP contribution in [-0.4, -0.2) is 49.7 Å². The lowest BCUT2D eigenvalue weighted by atomic mass is 10.1. The molecule has 16 heteroatoms. The Labute approximate surface area is 166 Å². The molecule has 0 atom stereocenters. The second-order valence-electron chi connectivity index (χ2n) is 4.94. The Morgan fingerprint density at radius 2 is 1.14 bits per heavy atom. The van der Waals surface area contributed by atoms with Crippen molar-refractivity contribution in [3.8, 4) is 0 Å². The quantitative estimate of drug-likeness (QED) is 0.488. The molecule has 28 heavy (non-hydrogen) atoms. The number of aliphatic imine (C=N–C) groups is 2. The van der Waals surface area contributed by atoms with Gasteiger partial charge in [-0.25, -0.2) is 37.1 Å². The topological polar surface area (TPSA) is 197 Å². The van der Waals surface area contributed by atoms with E-state index in [1.54, 1.807) is 24.3 Å². The van der Waals surface area contributed by atoms with Crippen LogP contribution in [0, 0.1) is 0 Å². The summed E-state index contributed by atoms with van der Waals surface area (Å²) < 4.78 is 44.2. The molecule has 0 unspecified atom stereocenters. The fourth-order valence-corrected chi connectivity index (χ4v) is 4.27. The molecule has 0 bridgehead atoms. The lowest BCUT2D eigenvalue weighted by Gasteiger charge is -1.98. The SMILES string of the molecule is NS(=O)(=O)c1nnc(N=Cc2ccccc2C=Nc2nnc(S(N)(=O)=O)s2)s1. The number of aromatic nitrogens is 4. The maximum atomic E-state index is 11.2. The third-order valence-electron chi connectivity index (χ3n) is 2.90. The average Bonchev–Trinajstić information content (AvgIpc) is 3.27. The number of nitrogens with zero attached hydrogens (tertiary/aromatic N) is 6. The zero-order chi connectivity index (χ0) is 20.4. The van der Waals surface area contributed by atoms with Crippen molar-refractivity contribution in [3.63, 3.8) is 0 Å². The first-order chi connectivity index (χ1) is 13.1. The van der Waals surface area contributed by atoms with Crippen molar-refractivity contribution in [1.82, 2.24) is 20.4 Å². The molecule has 2 aromatic heterocycles. The molecule has 3 aromatic rings. The van der Waals surface area contributed by atoms with E-state index >= 15 is 0 Å². The summed E-state index contributed by atoms with van der Waals surface area (Å²) in [4.78, 5) is 8.16. The summed E-state index contributed by atoms with van der Waals surface area (Å²) in [6.07, 6.45) is 2.90. The molecule has 0 aliphatic carbocycles. The normalized spacial score (nSPS) is 12.9. The third-order valence-corrected chi connectivity index (χ3v) is 7.19. The van der Waals surface area contributed by atoms with Crippen LogP contribution in [0.25, 0.3) is 0 Å². The first-order valence-corrected chi connectivity index (χ1v) is 11.8. The summed E-state index contributed by atoms with van der Waals surface area (Å²) in [7, 11) is -7.87. The molecule has 2 heterocycles. The minimum atomic E-state index is -3.93. The second-order valence-corrected chi connectivity index (χ2v) is 10.3. The van der Waals surface area contributed by atoms with E-state index in [4.69, 9.17) is 10.3 Å². The molecule has 12 nitrogen and oxygen atoms in total. The molecule has 3 rings (SSSR count). The van der Waals surface area contributed by atoms with E-state index in [1.165, 1.54) is 12.4 Å². The predicted octanol–water partition coefficient (Wildman–Crippen LogP) is 0.186. The lowest BCUT2D eigenvalue weighted by Crippen LogP contribution is -2.11. The lowest BCUT2D eigenvalue weighted by molar-refractivity contribution is 0.594. The predicted molar refractivity (Wildman–Crippen MR) is 104 cm³/mol. The van der Waals surface area contributed by atoms with Crippen LogP contribution < -0.4 is 10.3 Å². The third kappa shape index (κ3) is 5.06. The highest BCUT2D eigenvalue weighted by molar-refractivity contribution is 7.91. The van der Waals surface area contributed by atoms with Gasteiger partial charge in [0, 0.05) is 23.6 Å². The van der Waals surface area contributed by atoms with Gasteiger partial charge in [0.25, 0.3) is 20.0 Å². The number of hydrogen-bond donors (Lipinski definition) is 2. The smallest absolute Gasteiger partial charge is 0.226 e. The standard InChI is InChI=1S/C12H10N8O4S4/c13-27(21,22)11-19-17-9(25-11)15-5-7-3-1-2-4-8(7)6-16-10-18-20-12(26-10)28(14,23)24/h1-6H,(H2,13,21,22)(H2,14,23,24). The molecule has 0 aliphatic rings. The molecule has 0 radical (unpaired) electrons. The molecule has 0 aliphatic heterocycles. The molecule has 0 fully saturated rings. The van der Waals surface area contributed by atoms with E-state index in [0.717, 1.165) is 22.7 Å². The molecular formula is C12H10N8O4S4. The van der Waals surface area contributed by atoms with Gasteiger partial charge in [0.15, 0.2) is 0 Å². The van der Waals surface area contributed by atoms with Gasteiger partial charge in [0.1, 0.15) is 0 Å². The van der Waals surface area contributed by atoms with Crippen molar-refractivity contribution in [2.75, 3.05) is 0 Å². The molecule has 0 spiro atoms. The van der Waals surface area contributed by atoms with Gasteiger partial charge in [0.2, 0.25) is 18.9 Å². The Bertz CT molecular complexity index is 1180. The van der Waals surface area contributed by atoms with Crippen molar-refractivity contribution in [2.45, 2.75) is 8.68 Å². The van der Waals surface area contributed by atoms with Gasteiger partial charge in [0.05, 0.1) is 0 Å². The summed E-state index contributed by atoms with van der Waals surface area (Å²) in [5, 5.41) is 24.4. The maximum Gasteiger partial charge on any atom is 0.267 e. The van der Waals surface area contributed by atoms with Crippen LogP contribution in [0.4, 0.5) is 10.3 Å². The van der Waals surface area contributed by atoms with Crippen molar-refractivity contribution < 1.29 is 16.8 Å². The van der Waals surface area contributed by atoms with Gasteiger partial charge >= 0.3 is 0 Å². The summed E-state index contributed by atoms with van der Waals surface area (Å²) in [5.41, 5.74) is 1.27. The van der Waals surface area contributed by atoms with Crippen LogP contribution in [-0.2, 0) is 20.0 Å². The van der Waals surface area contributed by atoms with E-state index in [9.17, 15) is 16.8 Å². The van der Waals surface area contributed by atoms with Crippen LogP contribution >= 0.6 is 22.7 Å². The van der Waals surface area contributed by atoms with Crippen LogP contribution in [0.1, 0.15) is 11.1 Å². The first kappa shape index (κ1) is 20.2. The van der Waals surface area contributed by atoms with Gasteiger partial charge < -0.3 is 0 Å². The highest BCUT2D eigenvalue weighted by atomic mass is 32.3. The van der Waals surface area contributed by atoms with Crippen LogP contribution in [0.15, 0.2) is 42.9 Å². The summed E-state index contributed by atoms with van der Waals surface area (Å²) in [6.45, 7) is 0. The van der Waals surface area contributed by atoms with E-state index < -0.39 is 20.0 Å². The van der Waals surface area contributed by atoms with Crippen molar-refractivity contribution in [1.29, 1.82) is 0 Å². The van der Waals surface area contributed by atoms with E-state index in [0.29, 0.717) is 11.1 Å². The molecule has 0 saturated carbocycles. The fourth-order valence-electron chi connectivity index (χ4n) is 1.73. The minimum absolute atomic E-state index is 0.109. The molecular weight excluding hydrogens is 448 g/mol. The summed E-state index contributed by atoms with van der Waals surface area (Å²) in [6, 6.07) is 7.00. The highest BCUT2D eigenvalue weighted by Gasteiger charge is 2.15. The molecule has 0 amide bonds. The number of sulfonamides is 2. The number of hydrogen-bond acceptors (Lipinski definition) is 12. The van der Waals surface area contributed by atoms with Crippen molar-refractivity contribution in [2.24, 2.45) is 20.3 Å². The monoisotopic (exact) mass is 458 g/mol. The van der Waals surface area contributed by atoms with Crippen molar-refractivity contribution >= 4 is 65.4 Å². The minimum Gasteiger partial charge on any atom is -0.226 e. The zero-order valence-corrected chi connectivity index (χ0v) is 16.8. The Hall–Kier alpha value is -2.50. The van der Waals surface area contributed by atoms with E-state index in [-0.39, 0.29) is 18.9 Å². The average molecular weight is 459 g/mol. The second kappa shape index (κ2) is 7.86. The van der Waals surface area contributed by atoms with E-state index in [2.05, 4.69) is 30.4 Å². The van der Waals surface area contributed by atoms with Gasteiger partial charge in [-0.05, 0) is 0 Å². The van der Waals surface area contributed by atoms with E-state index in [1.807, 2.05) is 0 Å². The van der Waals surface area contributed by atoms with Gasteiger partial charge in [-0.15, -0.1) is 20.4 Å². The number of benzene rings is 1. The Balaban J connectivity index is 1.83. The zero-order valence-electron chi connectivity index (χ0n) is 13.6. The molecule has 1 aromatic carbocycles. The Morgan fingerprint density at radius 1 is 0.750 bits per heavy atom. The van der Waals surface area contributed by atoms with Crippen LogP contribution in [0.2, 0.25) is 0 Å². The summed E-state index contributed by atoms with van der Waals surface area (Å²) >= 11 is 1.46. The highest BCUT2D eigenvalue weighted by Crippen LogP contribution is 2.22. The number of rotatable bonds is 6. The Morgan fingerprint density at radius 3 is 1.46 bits per heavy atom. The van der Waals surface area contributed by atoms with Crippen LogP contribution in [0.3, 0.4) is 0 Å². The van der Waals surface area contributed by atoms with Gasteiger partial charge in [-0.2, -0.15) is 0 Å². The van der Waals surface area contributed by atoms with Crippen molar-refractivity contribution in [3.05, 3.63) is 35.4 Å². The van der Waals surface area contributed by atoms with Gasteiger partial charge in [-0.1, -0.05) is 46.9 Å². The molecule has 4 N–H and O–H groups in total. The van der Waals surface area contributed by atoms with Gasteiger partial charge in [-0.3, -0.25) is 0 Å². The van der Waals surface area contributed by atoms with Crippen LogP contribution in [0.5, 0.6) is 0 Å². The summed E-state index contributed by atoms with van der Waals surface area (Å²) in [5.74, 6) is 0. The number of nitrogens with two attached hydrogens (primary N) is 2. The largest absolute Gasteiger partial charge is 0.267 e. The molecule has 0 saturated heterocycles. The maximum absolute atomic E-state index is 11.2. The fraction of sp³-hybridized carbons (Fsp3) is 0. The Kier molecular flexibility index (Phi) is 5.68. The molecule has 146 valence electrons. The first-order valence-electron chi connectivity index (χ1n) is 7.03.